The number of aryl methyl sites for hydroxylation is 1. The van der Waals surface area contributed by atoms with Gasteiger partial charge in [0.2, 0.25) is 0 Å². The molecule has 4 aromatic carbocycles. The molecule has 166 valence electrons. The predicted octanol–water partition coefficient (Wildman–Crippen LogP) is 3.68. The molecule has 0 heterocycles. The first kappa shape index (κ1) is 26.2. The minimum absolute atomic E-state index is 0.125. The fourth-order valence-electron chi connectivity index (χ4n) is 3.53. The van der Waals surface area contributed by atoms with E-state index in [1.165, 1.54) is 10.8 Å². The second-order valence-electron chi connectivity index (χ2n) is 6.43. The highest BCUT2D eigenvalue weighted by molar-refractivity contribution is 5.90. The molecule has 0 spiro atoms. The summed E-state index contributed by atoms with van der Waals surface area (Å²) in [6.45, 7) is 1.49. The molecule has 0 aliphatic rings. The van der Waals surface area contributed by atoms with Gasteiger partial charge in [0.1, 0.15) is 0 Å². The summed E-state index contributed by atoms with van der Waals surface area (Å²) in [6.07, 6.45) is 0. The average Bonchev–Trinajstić information content (AvgIpc) is 2.87. The van der Waals surface area contributed by atoms with Crippen LogP contribution in [0.25, 0.3) is 21.5 Å². The van der Waals surface area contributed by atoms with Crippen LogP contribution in [-0.4, -0.2) is 39.8 Å². The normalized spacial score (nSPS) is 9.68. The second kappa shape index (κ2) is 14.2. The Morgan fingerprint density at radius 3 is 1.23 bits per heavy atom. The average molecular weight is 425 g/mol. The van der Waals surface area contributed by atoms with Crippen LogP contribution in [0.5, 0.6) is 0 Å². The Hall–Kier alpha value is -2.80. The summed E-state index contributed by atoms with van der Waals surface area (Å²) in [7, 11) is 2.00. The smallest absolute Gasteiger partial charge is 0.0691 e. The number of aliphatic hydroxyl groups excluding tert-OH is 5. The second-order valence-corrected chi connectivity index (χ2v) is 6.43. The third kappa shape index (κ3) is 6.34. The molecular weight excluding hydrogens is 392 g/mol. The van der Waals surface area contributed by atoms with Crippen molar-refractivity contribution in [1.82, 2.24) is 0 Å². The van der Waals surface area contributed by atoms with Crippen molar-refractivity contribution in [2.45, 2.75) is 26.7 Å². The molecular formula is C26H32O5. The maximum absolute atomic E-state index is 9.47. The van der Waals surface area contributed by atoms with Crippen molar-refractivity contribution in [1.29, 1.82) is 0 Å². The number of fused-ring (bicyclic) bond motifs is 2. The zero-order valence-electron chi connectivity index (χ0n) is 18.3. The number of aliphatic hydroxyl groups is 5. The van der Waals surface area contributed by atoms with E-state index in [0.717, 1.165) is 36.1 Å². The molecule has 0 aliphatic carbocycles. The van der Waals surface area contributed by atoms with E-state index < -0.39 is 0 Å². The minimum Gasteiger partial charge on any atom is -0.400 e. The van der Waals surface area contributed by atoms with Crippen molar-refractivity contribution >= 4 is 21.5 Å². The van der Waals surface area contributed by atoms with Crippen LogP contribution >= 0.6 is 0 Å². The lowest BCUT2D eigenvalue weighted by Crippen LogP contribution is -2.05. The van der Waals surface area contributed by atoms with Crippen LogP contribution in [0, 0.1) is 6.92 Å². The van der Waals surface area contributed by atoms with E-state index in [9.17, 15) is 15.3 Å². The zero-order chi connectivity index (χ0) is 23.2. The van der Waals surface area contributed by atoms with Crippen LogP contribution in [0.4, 0.5) is 0 Å². The zero-order valence-corrected chi connectivity index (χ0v) is 18.3. The van der Waals surface area contributed by atoms with Gasteiger partial charge in [0.25, 0.3) is 0 Å². The summed E-state index contributed by atoms with van der Waals surface area (Å²) in [6, 6.07) is 24.4. The van der Waals surface area contributed by atoms with Crippen molar-refractivity contribution in [3.8, 4) is 0 Å². The molecule has 0 bridgehead atoms. The Kier molecular flexibility index (Phi) is 12.1. The summed E-state index contributed by atoms with van der Waals surface area (Å²) >= 11 is 0. The molecule has 0 saturated heterocycles. The van der Waals surface area contributed by atoms with Crippen LogP contribution in [0.3, 0.4) is 0 Å². The molecule has 5 N–H and O–H groups in total. The molecule has 4 aromatic rings. The summed E-state index contributed by atoms with van der Waals surface area (Å²) in [5, 5.41) is 46.9. The van der Waals surface area contributed by atoms with Gasteiger partial charge in [0.15, 0.2) is 0 Å². The molecule has 0 amide bonds. The number of hydrogen-bond donors (Lipinski definition) is 5. The van der Waals surface area contributed by atoms with E-state index >= 15 is 0 Å². The first-order valence-corrected chi connectivity index (χ1v) is 9.89. The van der Waals surface area contributed by atoms with E-state index in [4.69, 9.17) is 10.2 Å². The van der Waals surface area contributed by atoms with Crippen LogP contribution < -0.4 is 0 Å². The predicted molar refractivity (Wildman–Crippen MR) is 127 cm³/mol. The Bertz CT molecular complexity index is 995. The Balaban J connectivity index is 0.000000291. The van der Waals surface area contributed by atoms with Gasteiger partial charge in [0.05, 0.1) is 19.8 Å². The molecule has 31 heavy (non-hydrogen) atoms. The molecule has 0 unspecified atom stereocenters. The fraction of sp³-hybridized carbons (Fsp3) is 0.231. The fourth-order valence-corrected chi connectivity index (χ4v) is 3.53. The standard InChI is InChI=1S/C14H16O3.C10H8.2CH4O/c1-9-10-4-2-3-5-11(10)13(7-16)14(8-17)12(9)6-15;1-2-6-10-8-4-3-7-9(10)5-1;2*1-2/h2-5,15-17H,6-8H2,1H3;1-8H;2*2H,1H3. The molecule has 0 aliphatic heterocycles. The highest BCUT2D eigenvalue weighted by Gasteiger charge is 2.14. The maximum atomic E-state index is 9.47. The van der Waals surface area contributed by atoms with E-state index in [1.807, 2.05) is 31.2 Å². The van der Waals surface area contributed by atoms with Crippen LogP contribution in [0.15, 0.2) is 72.8 Å². The third-order valence-electron chi connectivity index (χ3n) is 4.97. The summed E-state index contributed by atoms with van der Waals surface area (Å²) in [5.41, 5.74) is 3.03. The monoisotopic (exact) mass is 424 g/mol. The van der Waals surface area contributed by atoms with E-state index in [2.05, 4.69) is 48.5 Å². The lowest BCUT2D eigenvalue weighted by Gasteiger charge is -2.17. The molecule has 0 aromatic heterocycles. The highest BCUT2D eigenvalue weighted by atomic mass is 16.3. The Morgan fingerprint density at radius 2 is 0.839 bits per heavy atom. The molecule has 5 heteroatoms. The summed E-state index contributed by atoms with van der Waals surface area (Å²) in [4.78, 5) is 0. The van der Waals surface area contributed by atoms with Gasteiger partial charge < -0.3 is 25.5 Å². The SMILES string of the molecule is CO.CO.Cc1c(CO)c(CO)c(CO)c2ccccc12.c1ccc2ccccc2c1. The Labute approximate surface area is 183 Å². The summed E-state index contributed by atoms with van der Waals surface area (Å²) in [5.74, 6) is 0. The van der Waals surface area contributed by atoms with E-state index in [1.54, 1.807) is 0 Å². The molecule has 0 fully saturated rings. The molecule has 0 atom stereocenters. The van der Waals surface area contributed by atoms with Crippen molar-refractivity contribution in [3.63, 3.8) is 0 Å². The van der Waals surface area contributed by atoms with Gasteiger partial charge in [0, 0.05) is 14.2 Å². The Morgan fingerprint density at radius 1 is 0.484 bits per heavy atom. The quantitative estimate of drug-likeness (QED) is 0.345. The largest absolute Gasteiger partial charge is 0.400 e. The molecule has 4 rings (SSSR count). The van der Waals surface area contributed by atoms with Crippen LogP contribution in [0.1, 0.15) is 22.3 Å². The lowest BCUT2D eigenvalue weighted by molar-refractivity contribution is 0.248. The maximum Gasteiger partial charge on any atom is 0.0691 e. The molecule has 0 saturated carbocycles. The number of benzene rings is 4. The van der Waals surface area contributed by atoms with Gasteiger partial charge >= 0.3 is 0 Å². The molecule has 5 nitrogen and oxygen atoms in total. The van der Waals surface area contributed by atoms with Gasteiger partial charge in [-0.05, 0) is 50.7 Å². The van der Waals surface area contributed by atoms with Crippen LogP contribution in [0.2, 0.25) is 0 Å². The van der Waals surface area contributed by atoms with Crippen molar-refractivity contribution < 1.29 is 25.5 Å². The van der Waals surface area contributed by atoms with Gasteiger partial charge in [-0.25, -0.2) is 0 Å². The van der Waals surface area contributed by atoms with E-state index in [0.29, 0.717) is 11.1 Å². The lowest BCUT2D eigenvalue weighted by atomic mass is 9.90. The molecule has 0 radical (unpaired) electrons. The van der Waals surface area contributed by atoms with Gasteiger partial charge in [-0.3, -0.25) is 0 Å². The number of hydrogen-bond acceptors (Lipinski definition) is 5. The highest BCUT2D eigenvalue weighted by Crippen LogP contribution is 2.30. The summed E-state index contributed by atoms with van der Waals surface area (Å²) < 4.78 is 0. The number of rotatable bonds is 3. The van der Waals surface area contributed by atoms with Crippen molar-refractivity contribution in [3.05, 3.63) is 95.1 Å². The van der Waals surface area contributed by atoms with Gasteiger partial charge in [-0.1, -0.05) is 72.8 Å². The van der Waals surface area contributed by atoms with Gasteiger partial charge in [-0.2, -0.15) is 0 Å². The first-order valence-electron chi connectivity index (χ1n) is 9.89. The topological polar surface area (TPSA) is 101 Å². The first-order chi connectivity index (χ1) is 15.2. The van der Waals surface area contributed by atoms with Crippen LogP contribution in [-0.2, 0) is 19.8 Å². The third-order valence-corrected chi connectivity index (χ3v) is 4.97. The van der Waals surface area contributed by atoms with Crippen molar-refractivity contribution in [2.75, 3.05) is 14.2 Å². The van der Waals surface area contributed by atoms with E-state index in [-0.39, 0.29) is 19.8 Å². The minimum atomic E-state index is -0.169. The van der Waals surface area contributed by atoms with Gasteiger partial charge in [-0.15, -0.1) is 0 Å². The van der Waals surface area contributed by atoms with Crippen molar-refractivity contribution in [2.24, 2.45) is 0 Å².